The molecule has 2 amide bonds. The molecular formula is C28H32N4O4. The third kappa shape index (κ3) is 4.80. The molecule has 2 aromatic carbocycles. The second kappa shape index (κ2) is 9.33. The van der Waals surface area contributed by atoms with Gasteiger partial charge in [-0.1, -0.05) is 42.5 Å². The van der Waals surface area contributed by atoms with Crippen molar-refractivity contribution in [3.05, 3.63) is 65.7 Å². The van der Waals surface area contributed by atoms with E-state index in [0.29, 0.717) is 25.4 Å². The minimum Gasteiger partial charge on any atom is -0.483 e. The Morgan fingerprint density at radius 1 is 1.19 bits per heavy atom. The van der Waals surface area contributed by atoms with Crippen molar-refractivity contribution < 1.29 is 19.1 Å². The van der Waals surface area contributed by atoms with Crippen LogP contribution in [0.25, 0.3) is 5.57 Å². The van der Waals surface area contributed by atoms with Crippen LogP contribution in [0.5, 0.6) is 5.75 Å². The van der Waals surface area contributed by atoms with Gasteiger partial charge in [0, 0.05) is 12.6 Å². The van der Waals surface area contributed by atoms with E-state index in [1.807, 2.05) is 67.8 Å². The smallest absolute Gasteiger partial charge is 0.410 e. The number of rotatable bonds is 3. The van der Waals surface area contributed by atoms with E-state index in [1.54, 1.807) is 0 Å². The third-order valence-electron chi connectivity index (χ3n) is 6.66. The molecule has 0 spiro atoms. The number of nitrogens with zero attached hydrogens (tertiary/aromatic N) is 3. The standard InChI is InChI=1S/C28H32N4O4/c1-18-26(33)30-29-25-17-35-24-11-10-20(16-23(24)32(18)25)21-12-13-31(27(34)36-28(2,3)4)22(15-21)14-19-8-6-5-7-9-19/h5-12,16,18,22H,13-15,17H2,1-4H3,(H,30,33)/t18-,22-/m1/s1. The van der Waals surface area contributed by atoms with Crippen LogP contribution in [0.2, 0.25) is 0 Å². The summed E-state index contributed by atoms with van der Waals surface area (Å²) < 4.78 is 11.6. The van der Waals surface area contributed by atoms with Gasteiger partial charge in [0.15, 0.2) is 5.84 Å². The molecule has 3 aliphatic rings. The zero-order valence-corrected chi connectivity index (χ0v) is 21.2. The number of amides is 2. The molecule has 0 aromatic heterocycles. The van der Waals surface area contributed by atoms with Crippen molar-refractivity contribution in [2.75, 3.05) is 18.1 Å². The Bertz CT molecular complexity index is 1230. The van der Waals surface area contributed by atoms with Crippen LogP contribution >= 0.6 is 0 Å². The SMILES string of the molecule is C[C@@H]1C(=O)NN=C2COc3ccc(C4=CCN(C(=O)OC(C)(C)C)[C@H](Cc5ccccc5)C4)cc3N21. The summed E-state index contributed by atoms with van der Waals surface area (Å²) in [4.78, 5) is 29.1. The van der Waals surface area contributed by atoms with Gasteiger partial charge in [0.2, 0.25) is 0 Å². The lowest BCUT2D eigenvalue weighted by atomic mass is 9.90. The number of carbonyl (C=O) groups excluding carboxylic acids is 2. The number of hydrazone groups is 1. The molecular weight excluding hydrogens is 456 g/mol. The second-order valence-electron chi connectivity index (χ2n) is 10.4. The maximum Gasteiger partial charge on any atom is 0.410 e. The van der Waals surface area contributed by atoms with Gasteiger partial charge in [-0.2, -0.15) is 5.10 Å². The Hall–Kier alpha value is -3.81. The lowest BCUT2D eigenvalue weighted by Crippen LogP contribution is -2.55. The molecule has 188 valence electrons. The third-order valence-corrected chi connectivity index (χ3v) is 6.66. The first-order valence-corrected chi connectivity index (χ1v) is 12.3. The van der Waals surface area contributed by atoms with Gasteiger partial charge in [-0.15, -0.1) is 0 Å². The first-order chi connectivity index (χ1) is 17.2. The number of nitrogens with one attached hydrogen (secondary N) is 1. The molecule has 3 aliphatic heterocycles. The number of ether oxygens (including phenoxy) is 2. The minimum absolute atomic E-state index is 0.0497. The molecule has 5 rings (SSSR count). The molecule has 8 nitrogen and oxygen atoms in total. The molecule has 0 bridgehead atoms. The van der Waals surface area contributed by atoms with Gasteiger partial charge in [-0.25, -0.2) is 10.2 Å². The summed E-state index contributed by atoms with van der Waals surface area (Å²) in [5.74, 6) is 1.26. The number of fused-ring (bicyclic) bond motifs is 3. The van der Waals surface area contributed by atoms with Crippen molar-refractivity contribution in [1.82, 2.24) is 10.3 Å². The fourth-order valence-corrected chi connectivity index (χ4v) is 4.88. The summed E-state index contributed by atoms with van der Waals surface area (Å²) in [6.07, 6.45) is 3.21. The summed E-state index contributed by atoms with van der Waals surface area (Å²) in [6, 6.07) is 15.8. The van der Waals surface area contributed by atoms with Crippen LogP contribution in [0, 0.1) is 0 Å². The molecule has 0 radical (unpaired) electrons. The van der Waals surface area contributed by atoms with Crippen LogP contribution in [0.15, 0.2) is 59.7 Å². The highest BCUT2D eigenvalue weighted by molar-refractivity contribution is 6.09. The van der Waals surface area contributed by atoms with E-state index in [1.165, 1.54) is 5.56 Å². The molecule has 8 heteroatoms. The quantitative estimate of drug-likeness (QED) is 0.695. The average molecular weight is 489 g/mol. The number of hydrogen-bond acceptors (Lipinski definition) is 6. The highest BCUT2D eigenvalue weighted by atomic mass is 16.6. The van der Waals surface area contributed by atoms with E-state index < -0.39 is 5.60 Å². The van der Waals surface area contributed by atoms with Crippen molar-refractivity contribution in [3.8, 4) is 5.75 Å². The number of amidine groups is 1. The van der Waals surface area contributed by atoms with Gasteiger partial charge < -0.3 is 19.3 Å². The van der Waals surface area contributed by atoms with Crippen LogP contribution in [0.1, 0.15) is 45.2 Å². The van der Waals surface area contributed by atoms with Crippen LogP contribution in [0.4, 0.5) is 10.5 Å². The van der Waals surface area contributed by atoms with E-state index in [0.717, 1.165) is 29.0 Å². The lowest BCUT2D eigenvalue weighted by molar-refractivity contribution is -0.122. The maximum atomic E-state index is 13.1. The average Bonchev–Trinajstić information content (AvgIpc) is 2.85. The van der Waals surface area contributed by atoms with Crippen LogP contribution in [-0.4, -0.2) is 53.6 Å². The van der Waals surface area contributed by atoms with Gasteiger partial charge in [0.25, 0.3) is 5.91 Å². The van der Waals surface area contributed by atoms with Crippen molar-refractivity contribution >= 4 is 29.1 Å². The van der Waals surface area contributed by atoms with Crippen molar-refractivity contribution in [1.29, 1.82) is 0 Å². The Labute approximate surface area is 211 Å². The maximum absolute atomic E-state index is 13.1. The lowest BCUT2D eigenvalue weighted by Gasteiger charge is -2.39. The van der Waals surface area contributed by atoms with E-state index in [4.69, 9.17) is 9.47 Å². The predicted octanol–water partition coefficient (Wildman–Crippen LogP) is 4.35. The molecule has 36 heavy (non-hydrogen) atoms. The highest BCUT2D eigenvalue weighted by Gasteiger charge is 2.36. The van der Waals surface area contributed by atoms with E-state index in [9.17, 15) is 9.59 Å². The summed E-state index contributed by atoms with van der Waals surface area (Å²) >= 11 is 0. The predicted molar refractivity (Wildman–Crippen MR) is 139 cm³/mol. The van der Waals surface area contributed by atoms with Gasteiger partial charge in [0.05, 0.1) is 5.69 Å². The number of hydrogen-bond donors (Lipinski definition) is 1. The molecule has 0 aliphatic carbocycles. The molecule has 0 unspecified atom stereocenters. The van der Waals surface area contributed by atoms with Gasteiger partial charge >= 0.3 is 6.09 Å². The largest absolute Gasteiger partial charge is 0.483 e. The Morgan fingerprint density at radius 3 is 2.72 bits per heavy atom. The number of carbonyl (C=O) groups is 2. The van der Waals surface area contributed by atoms with Crippen molar-refractivity contribution in [2.24, 2.45) is 5.10 Å². The Morgan fingerprint density at radius 2 is 1.97 bits per heavy atom. The van der Waals surface area contributed by atoms with Gasteiger partial charge in [-0.05, 0) is 69.4 Å². The van der Waals surface area contributed by atoms with Crippen LogP contribution < -0.4 is 15.1 Å². The Balaban J connectivity index is 1.45. The highest BCUT2D eigenvalue weighted by Crippen LogP contribution is 2.39. The number of anilines is 1. The van der Waals surface area contributed by atoms with Crippen molar-refractivity contribution in [3.63, 3.8) is 0 Å². The molecule has 0 saturated heterocycles. The summed E-state index contributed by atoms with van der Waals surface area (Å²) in [7, 11) is 0. The molecule has 0 fully saturated rings. The van der Waals surface area contributed by atoms with Crippen molar-refractivity contribution in [2.45, 2.75) is 58.2 Å². The van der Waals surface area contributed by atoms with E-state index in [2.05, 4.69) is 34.8 Å². The van der Waals surface area contributed by atoms with Crippen LogP contribution in [-0.2, 0) is 16.0 Å². The topological polar surface area (TPSA) is 83.5 Å². The zero-order valence-electron chi connectivity index (χ0n) is 21.2. The first-order valence-electron chi connectivity index (χ1n) is 12.3. The fraction of sp³-hybridized carbons (Fsp3) is 0.393. The molecule has 2 atom stereocenters. The number of benzene rings is 2. The summed E-state index contributed by atoms with van der Waals surface area (Å²) in [6.45, 7) is 8.29. The van der Waals surface area contributed by atoms with Gasteiger partial charge in [0.1, 0.15) is 24.0 Å². The van der Waals surface area contributed by atoms with E-state index >= 15 is 0 Å². The van der Waals surface area contributed by atoms with E-state index in [-0.39, 0.29) is 24.1 Å². The fourth-order valence-electron chi connectivity index (χ4n) is 4.88. The summed E-state index contributed by atoms with van der Waals surface area (Å²) in [5.41, 5.74) is 6.20. The molecule has 2 aromatic rings. The normalized spacial score (nSPS) is 21.4. The Kier molecular flexibility index (Phi) is 6.20. The monoisotopic (exact) mass is 488 g/mol. The molecule has 0 saturated carbocycles. The van der Waals surface area contributed by atoms with Crippen LogP contribution in [0.3, 0.4) is 0 Å². The first kappa shape index (κ1) is 23.9. The minimum atomic E-state index is -0.562. The zero-order chi connectivity index (χ0) is 25.4. The second-order valence-corrected chi connectivity index (χ2v) is 10.4. The molecule has 1 N–H and O–H groups in total. The molecule has 3 heterocycles. The van der Waals surface area contributed by atoms with Gasteiger partial charge in [-0.3, -0.25) is 4.79 Å². The summed E-state index contributed by atoms with van der Waals surface area (Å²) in [5, 5.41) is 4.19.